The number of piperazine rings is 1. The largest absolute Gasteiger partial charge is 0.462 e. The number of anilines is 2. The summed E-state index contributed by atoms with van der Waals surface area (Å²) < 4.78 is 143. The molecule has 7 rings (SSSR count). The van der Waals surface area contributed by atoms with Crippen LogP contribution in [0.1, 0.15) is 37.4 Å². The van der Waals surface area contributed by atoms with Gasteiger partial charge in [0.1, 0.15) is 34.8 Å². The molecular weight excluding hydrogens is 663 g/mol. The fraction of sp³-hybridized carbons (Fsp3) is 0.586. The van der Waals surface area contributed by atoms with E-state index in [1.54, 1.807) is 11.8 Å². The minimum absolute atomic E-state index is 0.0479. The number of aryl methyl sites for hydroxylation is 1. The van der Waals surface area contributed by atoms with Gasteiger partial charge in [0, 0.05) is 37.7 Å². The minimum Gasteiger partial charge on any atom is -0.462 e. The second-order valence-electron chi connectivity index (χ2n) is 12.7. The number of fused-ring (bicyclic) bond motifs is 3. The number of nitrogens with zero attached hydrogens (tertiary/aromatic N) is 6. The van der Waals surface area contributed by atoms with Crippen molar-refractivity contribution in [2.75, 3.05) is 43.4 Å². The summed E-state index contributed by atoms with van der Waals surface area (Å²) >= 11 is 0. The Labute approximate surface area is 266 Å². The molecule has 0 aliphatic carbocycles. The highest BCUT2D eigenvalue weighted by Crippen LogP contribution is 2.49. The molecule has 3 aromatic heterocycles. The van der Waals surface area contributed by atoms with Gasteiger partial charge in [0.25, 0.3) is 5.92 Å². The van der Waals surface area contributed by atoms with Crippen molar-refractivity contribution in [2.24, 2.45) is 0 Å². The molecule has 0 spiro atoms. The summed E-state index contributed by atoms with van der Waals surface area (Å²) in [5, 5.41) is 2.61. The van der Waals surface area contributed by atoms with E-state index in [4.69, 9.17) is 15.2 Å². The highest BCUT2D eigenvalue weighted by atomic mass is 19.4. The van der Waals surface area contributed by atoms with Gasteiger partial charge in [0.05, 0.1) is 29.4 Å². The maximum atomic E-state index is 16.7. The minimum atomic E-state index is -5.10. The molecule has 4 aliphatic heterocycles. The number of hydrogen-bond acceptors (Lipinski definition) is 10. The molecule has 19 heteroatoms. The van der Waals surface area contributed by atoms with Crippen LogP contribution in [0, 0.1) is 12.7 Å². The summed E-state index contributed by atoms with van der Waals surface area (Å²) in [7, 11) is 0. The molecule has 10 nitrogen and oxygen atoms in total. The number of nitrogens with one attached hydrogen (secondary N) is 1. The predicted molar refractivity (Wildman–Crippen MR) is 152 cm³/mol. The van der Waals surface area contributed by atoms with Crippen LogP contribution in [0.15, 0.2) is 6.07 Å². The lowest BCUT2D eigenvalue weighted by Gasteiger charge is -2.46. The number of alkyl halides is 8. The molecule has 0 aromatic carbocycles. The van der Waals surface area contributed by atoms with Crippen LogP contribution in [0.25, 0.3) is 22.2 Å². The Balaban J connectivity index is 1.45. The first-order valence-electron chi connectivity index (χ1n) is 15.2. The highest BCUT2D eigenvalue weighted by molar-refractivity contribution is 5.97. The van der Waals surface area contributed by atoms with E-state index < -0.39 is 106 Å². The molecule has 0 bridgehead atoms. The van der Waals surface area contributed by atoms with E-state index in [1.165, 1.54) is 4.90 Å². The maximum absolute atomic E-state index is 16.7. The van der Waals surface area contributed by atoms with Gasteiger partial charge in [-0.25, -0.2) is 23.1 Å². The molecule has 260 valence electrons. The third-order valence-corrected chi connectivity index (χ3v) is 9.58. The Morgan fingerprint density at radius 1 is 1.12 bits per heavy atom. The van der Waals surface area contributed by atoms with Crippen LogP contribution < -0.4 is 25.4 Å². The number of aromatic nitrogens is 4. The summed E-state index contributed by atoms with van der Waals surface area (Å²) in [4.78, 5) is 18.8. The van der Waals surface area contributed by atoms with Crippen LogP contribution in [0.5, 0.6) is 11.9 Å². The molecule has 7 heterocycles. The second kappa shape index (κ2) is 10.8. The van der Waals surface area contributed by atoms with E-state index in [1.807, 2.05) is 0 Å². The first-order valence-corrected chi connectivity index (χ1v) is 15.2. The van der Waals surface area contributed by atoms with Gasteiger partial charge in [-0.3, -0.25) is 4.90 Å². The number of pyridine rings is 2. The zero-order valence-corrected chi connectivity index (χ0v) is 25.4. The third-order valence-electron chi connectivity index (χ3n) is 9.58. The maximum Gasteiger partial charge on any atom is 0.427 e. The standard InChI is InChI=1S/C29H29F9N8O2/c1-3-13-8-46-15(7-40-13)22(29(36,37)38)48-24-17-21(19(30)20(42-24)14-6-16(39)41-12(2)18(14)28(33,34)35)43-25(44-23(17)46)47-11-26-4-5-45(26)10-27(31,32)9-26/h6,13,15,22,40H,3-5,7-11H2,1-2H3,(H2,39,41)/t13-,15+,22?,26-/m1/s1. The summed E-state index contributed by atoms with van der Waals surface area (Å²) in [5.74, 6) is -5.96. The smallest absolute Gasteiger partial charge is 0.427 e. The molecular formula is C29H29F9N8O2. The summed E-state index contributed by atoms with van der Waals surface area (Å²) in [6.45, 7) is 2.06. The Hall–Kier alpha value is -3.87. The second-order valence-corrected chi connectivity index (χ2v) is 12.7. The van der Waals surface area contributed by atoms with Crippen LogP contribution in [-0.4, -0.2) is 93.4 Å². The SMILES string of the molecule is CC[C@@H]1CN2c3nc(OC[C@]45CCN4CC(F)(F)C5)nc4c(F)c(-c5cc(N)nc(C)c5C(F)(F)F)nc(c34)OC(C(F)(F)F)[C@@H]2CN1. The fourth-order valence-corrected chi connectivity index (χ4v) is 7.25. The van der Waals surface area contributed by atoms with Gasteiger partial charge in [0.2, 0.25) is 12.0 Å². The van der Waals surface area contributed by atoms with Crippen molar-refractivity contribution in [3.05, 3.63) is 23.1 Å². The zero-order chi connectivity index (χ0) is 34.6. The summed E-state index contributed by atoms with van der Waals surface area (Å²) in [5.41, 5.74) is -0.0439. The Morgan fingerprint density at radius 2 is 1.88 bits per heavy atom. The van der Waals surface area contributed by atoms with E-state index in [-0.39, 0.29) is 31.6 Å². The van der Waals surface area contributed by atoms with Gasteiger partial charge in [-0.15, -0.1) is 0 Å². The average molecular weight is 693 g/mol. The lowest BCUT2D eigenvalue weighted by atomic mass is 9.85. The van der Waals surface area contributed by atoms with Gasteiger partial charge in [0.15, 0.2) is 5.82 Å². The molecule has 3 N–H and O–H groups in total. The fourth-order valence-electron chi connectivity index (χ4n) is 7.25. The molecule has 0 radical (unpaired) electrons. The summed E-state index contributed by atoms with van der Waals surface area (Å²) in [6, 6.07) is -1.66. The lowest BCUT2D eigenvalue weighted by molar-refractivity contribution is -0.201. The van der Waals surface area contributed by atoms with E-state index in [0.29, 0.717) is 25.5 Å². The van der Waals surface area contributed by atoms with Crippen molar-refractivity contribution in [1.29, 1.82) is 0 Å². The van der Waals surface area contributed by atoms with E-state index in [9.17, 15) is 35.1 Å². The van der Waals surface area contributed by atoms with Crippen LogP contribution in [0.2, 0.25) is 0 Å². The quantitative estimate of drug-likeness (QED) is 0.359. The number of hydrogen-bond donors (Lipinski definition) is 2. The number of nitrogen functional groups attached to an aromatic ring is 1. The first-order chi connectivity index (χ1) is 22.4. The van der Waals surface area contributed by atoms with Crippen molar-refractivity contribution in [2.45, 2.75) is 75.1 Å². The van der Waals surface area contributed by atoms with Crippen LogP contribution in [0.3, 0.4) is 0 Å². The van der Waals surface area contributed by atoms with Gasteiger partial charge in [-0.2, -0.15) is 36.3 Å². The monoisotopic (exact) mass is 692 g/mol. The molecule has 3 saturated heterocycles. The molecule has 0 saturated carbocycles. The topological polar surface area (TPSA) is 115 Å². The first kappa shape index (κ1) is 32.7. The van der Waals surface area contributed by atoms with E-state index >= 15 is 4.39 Å². The summed E-state index contributed by atoms with van der Waals surface area (Å²) in [6.07, 6.45) is -12.4. The highest BCUT2D eigenvalue weighted by Gasteiger charge is 2.60. The molecule has 1 unspecified atom stereocenters. The molecule has 0 amide bonds. The van der Waals surface area contributed by atoms with Crippen LogP contribution in [0.4, 0.5) is 51.1 Å². The van der Waals surface area contributed by atoms with Crippen LogP contribution in [-0.2, 0) is 6.18 Å². The molecule has 48 heavy (non-hydrogen) atoms. The van der Waals surface area contributed by atoms with Gasteiger partial charge >= 0.3 is 18.4 Å². The van der Waals surface area contributed by atoms with Crippen molar-refractivity contribution in [1.82, 2.24) is 30.2 Å². The van der Waals surface area contributed by atoms with E-state index in [0.717, 1.165) is 6.92 Å². The number of nitrogens with two attached hydrogens (primary N) is 1. The average Bonchev–Trinajstić information content (AvgIpc) is 3.08. The van der Waals surface area contributed by atoms with E-state index in [2.05, 4.69) is 25.3 Å². The van der Waals surface area contributed by atoms with Gasteiger partial charge in [-0.05, 0) is 25.8 Å². The molecule has 4 atom stereocenters. The van der Waals surface area contributed by atoms with Crippen molar-refractivity contribution in [3.8, 4) is 23.1 Å². The predicted octanol–water partition coefficient (Wildman–Crippen LogP) is 4.88. The van der Waals surface area contributed by atoms with Crippen molar-refractivity contribution >= 4 is 22.5 Å². The molecule has 3 aromatic rings. The Kier molecular flexibility index (Phi) is 7.36. The van der Waals surface area contributed by atoms with Crippen molar-refractivity contribution < 1.29 is 49.0 Å². The normalized spacial score (nSPS) is 26.8. The zero-order valence-electron chi connectivity index (χ0n) is 25.4. The molecule has 3 fully saturated rings. The van der Waals surface area contributed by atoms with Crippen molar-refractivity contribution in [3.63, 3.8) is 0 Å². The number of rotatable bonds is 5. The Morgan fingerprint density at radius 3 is 2.50 bits per heavy atom. The number of ether oxygens (including phenoxy) is 2. The van der Waals surface area contributed by atoms with Gasteiger partial charge in [-0.1, -0.05) is 6.92 Å². The number of halogens is 9. The van der Waals surface area contributed by atoms with Crippen LogP contribution >= 0.6 is 0 Å². The third kappa shape index (κ3) is 5.28. The Bertz CT molecular complexity index is 1790. The van der Waals surface area contributed by atoms with Gasteiger partial charge < -0.3 is 25.4 Å². The lowest BCUT2D eigenvalue weighted by Crippen LogP contribution is -2.64. The molecule has 4 aliphatic rings.